The average Bonchev–Trinajstić information content (AvgIpc) is 3.10. The number of thioether (sulfide) groups is 2. The Morgan fingerprint density at radius 3 is 1.96 bits per heavy atom. The van der Waals surface area contributed by atoms with Crippen LogP contribution in [0.4, 0.5) is 0 Å². The van der Waals surface area contributed by atoms with Gasteiger partial charge in [0.05, 0.1) is 18.3 Å². The maximum absolute atomic E-state index is 5.45. The van der Waals surface area contributed by atoms with E-state index in [1.807, 2.05) is 19.9 Å². The first-order valence-corrected chi connectivity index (χ1v) is 10.7. The molecular weight excluding hydrogens is 324 g/mol. The molecule has 0 unspecified atom stereocenters. The minimum Gasteiger partial charge on any atom is -0.497 e. The molecule has 2 nitrogen and oxygen atoms in total. The molecule has 0 N–H and O–H groups in total. The molecule has 0 aromatic heterocycles. The van der Waals surface area contributed by atoms with Crippen LogP contribution < -0.4 is 9.47 Å². The molecule has 2 rings (SSSR count). The topological polar surface area (TPSA) is 18.5 Å². The zero-order chi connectivity index (χ0) is 17.1. The van der Waals surface area contributed by atoms with Crippen molar-refractivity contribution < 1.29 is 9.47 Å². The Labute approximate surface area is 151 Å². The van der Waals surface area contributed by atoms with Crippen molar-refractivity contribution in [3.63, 3.8) is 0 Å². The average molecular weight is 357 g/mol. The van der Waals surface area contributed by atoms with E-state index >= 15 is 0 Å². The Kier molecular flexibility index (Phi) is 9.96. The molecule has 1 fully saturated rings. The Balaban J connectivity index is 0.00000127. The third kappa shape index (κ3) is 5.82. The summed E-state index contributed by atoms with van der Waals surface area (Å²) in [5, 5.41) is 0. The monoisotopic (exact) mass is 356 g/mol. The van der Waals surface area contributed by atoms with Gasteiger partial charge in [-0.3, -0.25) is 0 Å². The Morgan fingerprint density at radius 2 is 1.48 bits per heavy atom. The van der Waals surface area contributed by atoms with E-state index in [9.17, 15) is 0 Å². The lowest BCUT2D eigenvalue weighted by Crippen LogP contribution is -2.15. The van der Waals surface area contributed by atoms with E-state index < -0.39 is 0 Å². The van der Waals surface area contributed by atoms with E-state index in [0.717, 1.165) is 11.5 Å². The SMILES string of the molecule is CC.CCCCCCC1(c2cc(OC)cc(OC)c2)SCCS1. The molecule has 23 heavy (non-hydrogen) atoms. The van der Waals surface area contributed by atoms with E-state index in [4.69, 9.17) is 9.47 Å². The van der Waals surface area contributed by atoms with Crippen molar-refractivity contribution in [3.05, 3.63) is 23.8 Å². The fraction of sp³-hybridized carbons (Fsp3) is 0.684. The van der Waals surface area contributed by atoms with Gasteiger partial charge in [-0.1, -0.05) is 46.5 Å². The molecule has 0 atom stereocenters. The number of hydrogen-bond donors (Lipinski definition) is 0. The van der Waals surface area contributed by atoms with Gasteiger partial charge < -0.3 is 9.47 Å². The van der Waals surface area contributed by atoms with Gasteiger partial charge in [0.1, 0.15) is 11.5 Å². The molecule has 1 aromatic carbocycles. The number of unbranched alkanes of at least 4 members (excludes halogenated alkanes) is 3. The molecule has 0 amide bonds. The van der Waals surface area contributed by atoms with Crippen molar-refractivity contribution in [3.8, 4) is 11.5 Å². The van der Waals surface area contributed by atoms with Crippen LogP contribution in [0.25, 0.3) is 0 Å². The largest absolute Gasteiger partial charge is 0.497 e. The van der Waals surface area contributed by atoms with E-state index in [-0.39, 0.29) is 4.08 Å². The Hall–Kier alpha value is -0.480. The van der Waals surface area contributed by atoms with E-state index in [1.54, 1.807) is 14.2 Å². The highest BCUT2D eigenvalue weighted by molar-refractivity contribution is 8.20. The number of hydrogen-bond acceptors (Lipinski definition) is 4. The summed E-state index contributed by atoms with van der Waals surface area (Å²) in [4.78, 5) is 0. The summed E-state index contributed by atoms with van der Waals surface area (Å²) in [7, 11) is 3.45. The van der Waals surface area contributed by atoms with Gasteiger partial charge in [-0.05, 0) is 24.1 Å². The lowest BCUT2D eigenvalue weighted by Gasteiger charge is -2.28. The summed E-state index contributed by atoms with van der Waals surface area (Å²) in [6.07, 6.45) is 6.50. The smallest absolute Gasteiger partial charge is 0.122 e. The second-order valence-electron chi connectivity index (χ2n) is 5.36. The molecule has 1 aromatic rings. The second-order valence-corrected chi connectivity index (χ2v) is 8.41. The van der Waals surface area contributed by atoms with Crippen LogP contribution in [0.1, 0.15) is 58.4 Å². The molecule has 4 heteroatoms. The Bertz CT molecular complexity index is 421. The van der Waals surface area contributed by atoms with Gasteiger partial charge in [0.15, 0.2) is 0 Å². The summed E-state index contributed by atoms with van der Waals surface area (Å²) >= 11 is 4.18. The van der Waals surface area contributed by atoms with Gasteiger partial charge >= 0.3 is 0 Å². The minimum atomic E-state index is 0.190. The fourth-order valence-corrected chi connectivity index (χ4v) is 6.03. The van der Waals surface area contributed by atoms with E-state index in [0.29, 0.717) is 0 Å². The minimum absolute atomic E-state index is 0.190. The molecular formula is C19H32O2S2. The zero-order valence-corrected chi connectivity index (χ0v) is 16.9. The van der Waals surface area contributed by atoms with Gasteiger partial charge in [0.2, 0.25) is 0 Å². The van der Waals surface area contributed by atoms with Crippen LogP contribution in [-0.4, -0.2) is 25.7 Å². The maximum atomic E-state index is 5.45. The molecule has 1 saturated heterocycles. The molecule has 0 saturated carbocycles. The molecule has 1 aliphatic rings. The first-order chi connectivity index (χ1) is 11.2. The lowest BCUT2D eigenvalue weighted by molar-refractivity contribution is 0.393. The molecule has 1 aliphatic heterocycles. The summed E-state index contributed by atoms with van der Waals surface area (Å²) in [6.45, 7) is 6.27. The molecule has 0 spiro atoms. The number of ether oxygens (including phenoxy) is 2. The number of rotatable bonds is 8. The van der Waals surface area contributed by atoms with E-state index in [2.05, 4.69) is 42.6 Å². The van der Waals surface area contributed by atoms with Crippen LogP contribution in [0.3, 0.4) is 0 Å². The maximum Gasteiger partial charge on any atom is 0.122 e. The van der Waals surface area contributed by atoms with Crippen LogP contribution in [-0.2, 0) is 4.08 Å². The first-order valence-electron chi connectivity index (χ1n) is 8.75. The summed E-state index contributed by atoms with van der Waals surface area (Å²) in [5.41, 5.74) is 1.35. The zero-order valence-electron chi connectivity index (χ0n) is 15.3. The number of benzene rings is 1. The van der Waals surface area contributed by atoms with Crippen LogP contribution in [0, 0.1) is 0 Å². The van der Waals surface area contributed by atoms with Crippen molar-refractivity contribution in [1.29, 1.82) is 0 Å². The van der Waals surface area contributed by atoms with Gasteiger partial charge in [-0.25, -0.2) is 0 Å². The van der Waals surface area contributed by atoms with Crippen molar-refractivity contribution in [2.45, 2.75) is 57.0 Å². The summed E-state index contributed by atoms with van der Waals surface area (Å²) < 4.78 is 11.1. The Morgan fingerprint density at radius 1 is 0.913 bits per heavy atom. The van der Waals surface area contributed by atoms with Crippen LogP contribution >= 0.6 is 23.5 Å². The van der Waals surface area contributed by atoms with Crippen LogP contribution in [0.5, 0.6) is 11.5 Å². The van der Waals surface area contributed by atoms with Gasteiger partial charge in [0.25, 0.3) is 0 Å². The number of methoxy groups -OCH3 is 2. The lowest BCUT2D eigenvalue weighted by atomic mass is 10.0. The molecule has 0 bridgehead atoms. The van der Waals surface area contributed by atoms with Crippen molar-refractivity contribution >= 4 is 23.5 Å². The molecule has 0 aliphatic carbocycles. The van der Waals surface area contributed by atoms with Crippen LogP contribution in [0.15, 0.2) is 18.2 Å². The third-order valence-electron chi connectivity index (χ3n) is 3.90. The standard InChI is InChI=1S/C17H26O2S2.C2H6/c1-4-5-6-7-8-17(20-9-10-21-17)14-11-15(18-2)13-16(12-14)19-3;1-2/h11-13H,4-10H2,1-3H3;1-2H3. The van der Waals surface area contributed by atoms with Crippen molar-refractivity contribution in [2.24, 2.45) is 0 Å². The van der Waals surface area contributed by atoms with Crippen molar-refractivity contribution in [1.82, 2.24) is 0 Å². The first kappa shape index (κ1) is 20.6. The fourth-order valence-electron chi connectivity index (χ4n) is 2.72. The second kappa shape index (κ2) is 11.1. The predicted molar refractivity (Wildman–Crippen MR) is 106 cm³/mol. The van der Waals surface area contributed by atoms with Gasteiger partial charge in [-0.2, -0.15) is 0 Å². The van der Waals surface area contributed by atoms with Gasteiger partial charge in [-0.15, -0.1) is 23.5 Å². The highest BCUT2D eigenvalue weighted by Crippen LogP contribution is 2.56. The summed E-state index contributed by atoms with van der Waals surface area (Å²) in [5.74, 6) is 4.26. The van der Waals surface area contributed by atoms with Gasteiger partial charge in [0, 0.05) is 17.6 Å². The molecule has 0 radical (unpaired) electrons. The van der Waals surface area contributed by atoms with E-state index in [1.165, 1.54) is 49.2 Å². The van der Waals surface area contributed by atoms with Crippen molar-refractivity contribution in [2.75, 3.05) is 25.7 Å². The third-order valence-corrected chi connectivity index (χ3v) is 7.50. The summed E-state index contributed by atoms with van der Waals surface area (Å²) in [6, 6.07) is 6.33. The highest BCUT2D eigenvalue weighted by Gasteiger charge is 2.37. The van der Waals surface area contributed by atoms with Crippen LogP contribution in [0.2, 0.25) is 0 Å². The highest BCUT2D eigenvalue weighted by atomic mass is 32.2. The normalized spacial score (nSPS) is 15.7. The molecule has 1 heterocycles. The predicted octanol–water partition coefficient (Wildman–Crippen LogP) is 6.33. The molecule has 132 valence electrons. The quantitative estimate of drug-likeness (QED) is 0.506.